The summed E-state index contributed by atoms with van der Waals surface area (Å²) in [5.41, 5.74) is 1.27. The standard InChI is InChI=1S/C14H25N3O/c1-14(2,3)15-7-9-16(4)11-12-6-8-17(5)13(18)10-12/h6,8,10,15H,7,9,11H2,1-5H3. The Labute approximate surface area is 110 Å². The molecule has 0 spiro atoms. The van der Waals surface area contributed by atoms with Crippen molar-refractivity contribution < 1.29 is 0 Å². The van der Waals surface area contributed by atoms with Crippen molar-refractivity contribution in [3.05, 3.63) is 34.2 Å². The highest BCUT2D eigenvalue weighted by Crippen LogP contribution is 2.00. The van der Waals surface area contributed by atoms with Gasteiger partial charge in [-0.2, -0.15) is 0 Å². The zero-order valence-electron chi connectivity index (χ0n) is 12.2. The molecule has 0 aliphatic heterocycles. The largest absolute Gasteiger partial charge is 0.319 e. The minimum absolute atomic E-state index is 0.0497. The molecule has 0 aliphatic carbocycles. The van der Waals surface area contributed by atoms with Gasteiger partial charge in [-0.25, -0.2) is 0 Å². The van der Waals surface area contributed by atoms with Crippen LogP contribution in [0.3, 0.4) is 0 Å². The first-order valence-electron chi connectivity index (χ1n) is 6.37. The zero-order chi connectivity index (χ0) is 13.8. The van der Waals surface area contributed by atoms with Crippen LogP contribution in [-0.2, 0) is 13.6 Å². The first kappa shape index (κ1) is 14.9. The molecule has 4 heteroatoms. The lowest BCUT2D eigenvalue weighted by atomic mass is 10.1. The van der Waals surface area contributed by atoms with E-state index in [9.17, 15) is 4.79 Å². The maximum Gasteiger partial charge on any atom is 0.250 e. The van der Waals surface area contributed by atoms with Crippen LogP contribution in [0.25, 0.3) is 0 Å². The average Bonchev–Trinajstić information content (AvgIpc) is 2.21. The van der Waals surface area contributed by atoms with E-state index in [1.54, 1.807) is 17.7 Å². The van der Waals surface area contributed by atoms with Gasteiger partial charge in [-0.3, -0.25) is 4.79 Å². The van der Waals surface area contributed by atoms with Gasteiger partial charge in [-0.1, -0.05) is 0 Å². The van der Waals surface area contributed by atoms with Crippen molar-refractivity contribution in [1.82, 2.24) is 14.8 Å². The lowest BCUT2D eigenvalue weighted by molar-refractivity contribution is 0.303. The Balaban J connectivity index is 2.42. The fourth-order valence-corrected chi connectivity index (χ4v) is 1.70. The SMILES string of the molecule is CN(CCNC(C)(C)C)Cc1ccn(C)c(=O)c1. The van der Waals surface area contributed by atoms with E-state index in [-0.39, 0.29) is 11.1 Å². The highest BCUT2D eigenvalue weighted by molar-refractivity contribution is 5.10. The molecule has 0 saturated carbocycles. The van der Waals surface area contributed by atoms with Crippen molar-refractivity contribution in [3.8, 4) is 0 Å². The van der Waals surface area contributed by atoms with Crippen LogP contribution in [-0.4, -0.2) is 35.1 Å². The van der Waals surface area contributed by atoms with Crippen molar-refractivity contribution in [3.63, 3.8) is 0 Å². The van der Waals surface area contributed by atoms with Crippen molar-refractivity contribution in [1.29, 1.82) is 0 Å². The third-order valence-electron chi connectivity index (χ3n) is 2.77. The van der Waals surface area contributed by atoms with E-state index in [0.29, 0.717) is 0 Å². The van der Waals surface area contributed by atoms with Crippen LogP contribution in [0.5, 0.6) is 0 Å². The van der Waals surface area contributed by atoms with Crippen LogP contribution in [0, 0.1) is 0 Å². The molecule has 1 aromatic rings. The minimum Gasteiger partial charge on any atom is -0.319 e. The summed E-state index contributed by atoms with van der Waals surface area (Å²) in [7, 11) is 3.84. The number of nitrogens with one attached hydrogen (secondary N) is 1. The first-order chi connectivity index (χ1) is 8.28. The third kappa shape index (κ3) is 5.47. The van der Waals surface area contributed by atoms with Gasteiger partial charge in [-0.15, -0.1) is 0 Å². The van der Waals surface area contributed by atoms with Crippen LogP contribution < -0.4 is 10.9 Å². The summed E-state index contributed by atoms with van der Waals surface area (Å²) in [6, 6.07) is 3.70. The maximum atomic E-state index is 11.5. The van der Waals surface area contributed by atoms with E-state index in [2.05, 4.69) is 38.0 Å². The Hall–Kier alpha value is -1.13. The summed E-state index contributed by atoms with van der Waals surface area (Å²) >= 11 is 0. The van der Waals surface area contributed by atoms with Gasteiger partial charge >= 0.3 is 0 Å². The predicted molar refractivity (Wildman–Crippen MR) is 75.8 cm³/mol. The molecule has 0 aromatic carbocycles. The molecule has 102 valence electrons. The molecule has 0 bridgehead atoms. The van der Waals surface area contributed by atoms with Gasteiger partial charge in [0.05, 0.1) is 0 Å². The number of hydrogen-bond acceptors (Lipinski definition) is 3. The van der Waals surface area contributed by atoms with Crippen molar-refractivity contribution in [2.45, 2.75) is 32.9 Å². The summed E-state index contributed by atoms with van der Waals surface area (Å²) < 4.78 is 1.59. The molecule has 4 nitrogen and oxygen atoms in total. The summed E-state index contributed by atoms with van der Waals surface area (Å²) in [6.45, 7) is 9.20. The Morgan fingerprint density at radius 2 is 2.06 bits per heavy atom. The highest BCUT2D eigenvalue weighted by atomic mass is 16.1. The number of likely N-dealkylation sites (N-methyl/N-ethyl adjacent to an activating group) is 1. The predicted octanol–water partition coefficient (Wildman–Crippen LogP) is 1.21. The van der Waals surface area contributed by atoms with Gasteiger partial charge in [0, 0.05) is 44.5 Å². The van der Waals surface area contributed by atoms with E-state index >= 15 is 0 Å². The van der Waals surface area contributed by atoms with Gasteiger partial charge in [0.2, 0.25) is 0 Å². The van der Waals surface area contributed by atoms with Crippen LogP contribution >= 0.6 is 0 Å². The molecule has 0 radical (unpaired) electrons. The van der Waals surface area contributed by atoms with E-state index in [1.807, 2.05) is 12.3 Å². The molecule has 0 saturated heterocycles. The normalized spacial score (nSPS) is 12.1. The summed E-state index contributed by atoms with van der Waals surface area (Å²) in [4.78, 5) is 13.7. The Kier molecular flexibility index (Phi) is 5.11. The van der Waals surface area contributed by atoms with E-state index in [4.69, 9.17) is 0 Å². The quantitative estimate of drug-likeness (QED) is 0.854. The topological polar surface area (TPSA) is 37.3 Å². The monoisotopic (exact) mass is 251 g/mol. The molecule has 0 amide bonds. The molecule has 18 heavy (non-hydrogen) atoms. The number of aromatic nitrogens is 1. The van der Waals surface area contributed by atoms with Crippen molar-refractivity contribution >= 4 is 0 Å². The van der Waals surface area contributed by atoms with Gasteiger partial charge in [0.25, 0.3) is 5.56 Å². The number of aryl methyl sites for hydroxylation is 1. The molecular weight excluding hydrogens is 226 g/mol. The molecule has 1 N–H and O–H groups in total. The molecule has 0 fully saturated rings. The Morgan fingerprint density at radius 1 is 1.39 bits per heavy atom. The second-order valence-electron chi connectivity index (χ2n) is 5.90. The lowest BCUT2D eigenvalue weighted by Gasteiger charge is -2.23. The number of rotatable bonds is 5. The molecule has 0 unspecified atom stereocenters. The van der Waals surface area contributed by atoms with Crippen LogP contribution in [0.15, 0.2) is 23.1 Å². The van der Waals surface area contributed by atoms with Gasteiger partial charge in [0.1, 0.15) is 0 Å². The van der Waals surface area contributed by atoms with Gasteiger partial charge in [-0.05, 0) is 39.4 Å². The van der Waals surface area contributed by atoms with E-state index < -0.39 is 0 Å². The minimum atomic E-state index is 0.0497. The highest BCUT2D eigenvalue weighted by Gasteiger charge is 2.08. The molecular formula is C14H25N3O. The fraction of sp³-hybridized carbons (Fsp3) is 0.643. The van der Waals surface area contributed by atoms with Crippen molar-refractivity contribution in [2.24, 2.45) is 7.05 Å². The molecule has 1 heterocycles. The van der Waals surface area contributed by atoms with E-state index in [0.717, 1.165) is 25.2 Å². The van der Waals surface area contributed by atoms with Gasteiger partial charge < -0.3 is 14.8 Å². The molecule has 0 aliphatic rings. The molecule has 0 atom stereocenters. The number of hydrogen-bond donors (Lipinski definition) is 1. The summed E-state index contributed by atoms with van der Waals surface area (Å²) in [5, 5.41) is 3.45. The van der Waals surface area contributed by atoms with Crippen LogP contribution in [0.1, 0.15) is 26.3 Å². The van der Waals surface area contributed by atoms with Crippen LogP contribution in [0.4, 0.5) is 0 Å². The lowest BCUT2D eigenvalue weighted by Crippen LogP contribution is -2.40. The number of nitrogens with zero attached hydrogens (tertiary/aromatic N) is 2. The fourth-order valence-electron chi connectivity index (χ4n) is 1.70. The van der Waals surface area contributed by atoms with E-state index in [1.165, 1.54) is 0 Å². The average molecular weight is 251 g/mol. The van der Waals surface area contributed by atoms with Crippen LogP contribution in [0.2, 0.25) is 0 Å². The number of pyridine rings is 1. The Morgan fingerprint density at radius 3 is 2.61 bits per heavy atom. The van der Waals surface area contributed by atoms with Gasteiger partial charge in [0.15, 0.2) is 0 Å². The molecule has 1 aromatic heterocycles. The first-order valence-corrected chi connectivity index (χ1v) is 6.37. The maximum absolute atomic E-state index is 11.5. The Bertz CT molecular complexity index is 431. The zero-order valence-corrected chi connectivity index (χ0v) is 12.2. The molecule has 1 rings (SSSR count). The summed E-state index contributed by atoms with van der Waals surface area (Å²) in [6.07, 6.45) is 1.82. The van der Waals surface area contributed by atoms with Crippen molar-refractivity contribution in [2.75, 3.05) is 20.1 Å². The second kappa shape index (κ2) is 6.16. The second-order valence-corrected chi connectivity index (χ2v) is 5.90. The smallest absolute Gasteiger partial charge is 0.250 e. The third-order valence-corrected chi connectivity index (χ3v) is 2.77. The summed E-state index contributed by atoms with van der Waals surface area (Å²) in [5.74, 6) is 0.